The molecule has 0 saturated heterocycles. The van der Waals surface area contributed by atoms with Gasteiger partial charge in [-0.15, -0.1) is 0 Å². The van der Waals surface area contributed by atoms with Crippen molar-refractivity contribution >= 4 is 50.9 Å². The first kappa shape index (κ1) is 15.3. The van der Waals surface area contributed by atoms with Gasteiger partial charge in [-0.05, 0) is 43.7 Å². The Morgan fingerprint density at radius 1 is 1.15 bits per heavy atom. The van der Waals surface area contributed by atoms with Crippen LogP contribution in [0, 0.1) is 13.8 Å². The predicted molar refractivity (Wildman–Crippen MR) is 85.8 cm³/mol. The normalized spacial score (nSPS) is 10.4. The Morgan fingerprint density at radius 3 is 2.50 bits per heavy atom. The Kier molecular flexibility index (Phi) is 4.68. The maximum Gasteiger partial charge on any atom is 0.256 e. The number of benzene rings is 1. The molecule has 0 bridgehead atoms. The van der Waals surface area contributed by atoms with Crippen molar-refractivity contribution in [1.29, 1.82) is 0 Å². The van der Waals surface area contributed by atoms with E-state index in [1.54, 1.807) is 25.1 Å². The maximum atomic E-state index is 12.2. The number of nitrogens with zero attached hydrogens (tertiary/aromatic N) is 1. The van der Waals surface area contributed by atoms with Crippen LogP contribution in [0.25, 0.3) is 0 Å². The molecule has 0 unspecified atom stereocenters. The van der Waals surface area contributed by atoms with Gasteiger partial charge < -0.3 is 5.32 Å². The summed E-state index contributed by atoms with van der Waals surface area (Å²) in [5.74, 6) is 0.0294. The fourth-order valence-corrected chi connectivity index (χ4v) is 2.71. The van der Waals surface area contributed by atoms with Gasteiger partial charge in [-0.1, -0.05) is 39.1 Å². The van der Waals surface area contributed by atoms with Crippen LogP contribution >= 0.6 is 39.1 Å². The van der Waals surface area contributed by atoms with Crippen molar-refractivity contribution in [3.05, 3.63) is 55.6 Å². The Morgan fingerprint density at radius 2 is 1.85 bits per heavy atom. The van der Waals surface area contributed by atoms with E-state index in [0.29, 0.717) is 27.1 Å². The van der Waals surface area contributed by atoms with Gasteiger partial charge in [0, 0.05) is 10.0 Å². The van der Waals surface area contributed by atoms with Crippen LogP contribution in [-0.4, -0.2) is 10.9 Å². The molecule has 0 spiro atoms. The maximum absolute atomic E-state index is 12.2. The molecular weight excluding hydrogens is 363 g/mol. The molecule has 104 valence electrons. The standard InChI is InChI=1S/C14H11BrCl2N2O/c1-7-3-9(5-10(15)4-7)14(20)19-13-12(17)6-11(16)8(2)18-13/h3-6H,1-2H3,(H,18,19,20). The minimum atomic E-state index is -0.273. The van der Waals surface area contributed by atoms with E-state index in [0.717, 1.165) is 10.0 Å². The lowest BCUT2D eigenvalue weighted by molar-refractivity contribution is 0.102. The first-order valence-electron chi connectivity index (χ1n) is 5.78. The summed E-state index contributed by atoms with van der Waals surface area (Å²) in [7, 11) is 0. The van der Waals surface area contributed by atoms with Gasteiger partial charge in [0.25, 0.3) is 5.91 Å². The van der Waals surface area contributed by atoms with E-state index >= 15 is 0 Å². The Labute approximate surface area is 135 Å². The van der Waals surface area contributed by atoms with Crippen molar-refractivity contribution in [2.24, 2.45) is 0 Å². The van der Waals surface area contributed by atoms with Crippen LogP contribution in [0.4, 0.5) is 5.82 Å². The summed E-state index contributed by atoms with van der Waals surface area (Å²) in [5.41, 5.74) is 2.12. The molecule has 0 radical (unpaired) electrons. The van der Waals surface area contributed by atoms with E-state index in [-0.39, 0.29) is 5.91 Å². The van der Waals surface area contributed by atoms with Crippen LogP contribution in [0.3, 0.4) is 0 Å². The highest BCUT2D eigenvalue weighted by atomic mass is 79.9. The molecule has 0 atom stereocenters. The number of aromatic nitrogens is 1. The number of hydrogen-bond donors (Lipinski definition) is 1. The molecule has 3 nitrogen and oxygen atoms in total. The van der Waals surface area contributed by atoms with Gasteiger partial charge in [-0.25, -0.2) is 4.98 Å². The Balaban J connectivity index is 2.30. The highest BCUT2D eigenvalue weighted by molar-refractivity contribution is 9.10. The zero-order valence-corrected chi connectivity index (χ0v) is 13.9. The highest BCUT2D eigenvalue weighted by Gasteiger charge is 2.12. The molecule has 2 rings (SSSR count). The molecule has 1 amide bonds. The third-order valence-corrected chi connectivity index (χ3v) is 3.77. The number of halogens is 3. The van der Waals surface area contributed by atoms with Crippen molar-refractivity contribution in [2.45, 2.75) is 13.8 Å². The molecule has 2 aromatic rings. The van der Waals surface area contributed by atoms with Crippen LogP contribution in [0.2, 0.25) is 10.0 Å². The fraction of sp³-hybridized carbons (Fsp3) is 0.143. The molecule has 1 aromatic heterocycles. The number of pyridine rings is 1. The highest BCUT2D eigenvalue weighted by Crippen LogP contribution is 2.26. The summed E-state index contributed by atoms with van der Waals surface area (Å²) in [4.78, 5) is 16.4. The zero-order chi connectivity index (χ0) is 14.9. The average Bonchev–Trinajstić information content (AvgIpc) is 2.34. The number of rotatable bonds is 2. The molecule has 0 fully saturated rings. The molecule has 0 aliphatic carbocycles. The average molecular weight is 374 g/mol. The third-order valence-electron chi connectivity index (χ3n) is 2.64. The molecule has 1 heterocycles. The summed E-state index contributed by atoms with van der Waals surface area (Å²) >= 11 is 15.3. The lowest BCUT2D eigenvalue weighted by Gasteiger charge is -2.09. The summed E-state index contributed by atoms with van der Waals surface area (Å²) in [6.45, 7) is 3.66. The molecule has 0 saturated carbocycles. The van der Waals surface area contributed by atoms with E-state index in [1.807, 2.05) is 13.0 Å². The molecule has 0 aliphatic heterocycles. The minimum absolute atomic E-state index is 0.273. The Hall–Kier alpha value is -1.10. The van der Waals surface area contributed by atoms with Crippen molar-refractivity contribution < 1.29 is 4.79 Å². The first-order valence-corrected chi connectivity index (χ1v) is 7.33. The van der Waals surface area contributed by atoms with E-state index in [2.05, 4.69) is 26.2 Å². The van der Waals surface area contributed by atoms with Gasteiger partial charge in [0.05, 0.1) is 15.7 Å². The largest absolute Gasteiger partial charge is 0.305 e. The van der Waals surface area contributed by atoms with Crippen molar-refractivity contribution in [1.82, 2.24) is 4.98 Å². The van der Waals surface area contributed by atoms with E-state index < -0.39 is 0 Å². The summed E-state index contributed by atoms with van der Waals surface area (Å²) < 4.78 is 0.842. The SMILES string of the molecule is Cc1cc(Br)cc(C(=O)Nc2nc(C)c(Cl)cc2Cl)c1. The topological polar surface area (TPSA) is 42.0 Å². The van der Waals surface area contributed by atoms with E-state index in [4.69, 9.17) is 23.2 Å². The lowest BCUT2D eigenvalue weighted by Crippen LogP contribution is -2.14. The smallest absolute Gasteiger partial charge is 0.256 e. The number of anilines is 1. The summed E-state index contributed by atoms with van der Waals surface area (Å²) in [5, 5.41) is 3.46. The Bertz CT molecular complexity index is 669. The molecule has 1 N–H and O–H groups in total. The van der Waals surface area contributed by atoms with Crippen molar-refractivity contribution in [3.63, 3.8) is 0 Å². The number of hydrogen-bond acceptors (Lipinski definition) is 2. The van der Waals surface area contributed by atoms with Crippen LogP contribution in [0.15, 0.2) is 28.7 Å². The second kappa shape index (κ2) is 6.12. The quantitative estimate of drug-likeness (QED) is 0.802. The fourth-order valence-electron chi connectivity index (χ4n) is 1.69. The first-order chi connectivity index (χ1) is 9.36. The molecule has 20 heavy (non-hydrogen) atoms. The zero-order valence-electron chi connectivity index (χ0n) is 10.8. The van der Waals surface area contributed by atoms with Crippen LogP contribution in [0.5, 0.6) is 0 Å². The van der Waals surface area contributed by atoms with Gasteiger partial charge in [0.1, 0.15) is 0 Å². The number of carbonyl (C=O) groups excluding carboxylic acids is 1. The molecule has 0 aliphatic rings. The van der Waals surface area contributed by atoms with Crippen LogP contribution in [0.1, 0.15) is 21.6 Å². The monoisotopic (exact) mass is 372 g/mol. The van der Waals surface area contributed by atoms with E-state index in [1.165, 1.54) is 0 Å². The van der Waals surface area contributed by atoms with Gasteiger partial charge in [-0.2, -0.15) is 0 Å². The van der Waals surface area contributed by atoms with Crippen LogP contribution < -0.4 is 5.32 Å². The van der Waals surface area contributed by atoms with Crippen molar-refractivity contribution in [3.8, 4) is 0 Å². The molecule has 6 heteroatoms. The second-order valence-electron chi connectivity index (χ2n) is 4.36. The van der Waals surface area contributed by atoms with Gasteiger partial charge in [-0.3, -0.25) is 4.79 Å². The van der Waals surface area contributed by atoms with Gasteiger partial charge in [0.15, 0.2) is 5.82 Å². The minimum Gasteiger partial charge on any atom is -0.305 e. The van der Waals surface area contributed by atoms with Gasteiger partial charge in [0.2, 0.25) is 0 Å². The summed E-state index contributed by atoms with van der Waals surface area (Å²) in [6, 6.07) is 7.01. The predicted octanol–water partition coefficient (Wildman–Crippen LogP) is 5.02. The van der Waals surface area contributed by atoms with E-state index in [9.17, 15) is 4.79 Å². The second-order valence-corrected chi connectivity index (χ2v) is 6.09. The van der Waals surface area contributed by atoms with Gasteiger partial charge >= 0.3 is 0 Å². The molecular formula is C14H11BrCl2N2O. The number of aryl methyl sites for hydroxylation is 2. The number of nitrogens with one attached hydrogen (secondary N) is 1. The molecule has 1 aromatic carbocycles. The third kappa shape index (κ3) is 3.51. The number of amides is 1. The summed E-state index contributed by atoms with van der Waals surface area (Å²) in [6.07, 6.45) is 0. The van der Waals surface area contributed by atoms with Crippen LogP contribution in [-0.2, 0) is 0 Å². The number of carbonyl (C=O) groups is 1. The van der Waals surface area contributed by atoms with Crippen molar-refractivity contribution in [2.75, 3.05) is 5.32 Å². The lowest BCUT2D eigenvalue weighted by atomic mass is 10.1.